The zero-order chi connectivity index (χ0) is 15.5. The van der Waals surface area contributed by atoms with E-state index in [1.54, 1.807) is 12.1 Å². The summed E-state index contributed by atoms with van der Waals surface area (Å²) in [6.07, 6.45) is 3.38. The molecule has 1 atom stereocenters. The minimum Gasteiger partial charge on any atom is -0.313 e. The first-order valence-electron chi connectivity index (χ1n) is 7.44. The lowest BCUT2D eigenvalue weighted by Crippen LogP contribution is -2.33. The van der Waals surface area contributed by atoms with Gasteiger partial charge in [-0.2, -0.15) is 0 Å². The smallest absolute Gasteiger partial charge is 0.241 e. The van der Waals surface area contributed by atoms with Crippen LogP contribution in [0.3, 0.4) is 0 Å². The first kappa shape index (κ1) is 16.9. The van der Waals surface area contributed by atoms with Gasteiger partial charge in [-0.1, -0.05) is 25.8 Å². The number of halogens is 1. The van der Waals surface area contributed by atoms with Crippen molar-refractivity contribution in [2.45, 2.75) is 50.6 Å². The molecule has 0 heterocycles. The molecule has 0 amide bonds. The molecule has 1 unspecified atom stereocenters. The first-order valence-corrected chi connectivity index (χ1v) is 9.71. The van der Waals surface area contributed by atoms with Crippen LogP contribution in [0.5, 0.6) is 0 Å². The van der Waals surface area contributed by atoms with Crippen molar-refractivity contribution in [3.8, 4) is 0 Å². The predicted octanol–water partition coefficient (Wildman–Crippen LogP) is 3.03. The molecule has 118 valence electrons. The standard InChI is InChI=1S/C15H23BrN2O2S/c1-3-17-10-13-6-7-14(16)15(9-13)21(19,20)18-11(2)8-12-4-5-12/h6-7,9,11-12,17-18H,3-5,8,10H2,1-2H3. The molecule has 1 fully saturated rings. The second-order valence-corrected chi connectivity index (χ2v) is 8.28. The largest absolute Gasteiger partial charge is 0.313 e. The minimum atomic E-state index is -3.48. The van der Waals surface area contributed by atoms with Crippen LogP contribution >= 0.6 is 15.9 Å². The van der Waals surface area contributed by atoms with Gasteiger partial charge < -0.3 is 5.32 Å². The summed E-state index contributed by atoms with van der Waals surface area (Å²) in [5, 5.41) is 3.21. The van der Waals surface area contributed by atoms with Gasteiger partial charge in [0.05, 0.1) is 4.90 Å². The van der Waals surface area contributed by atoms with Gasteiger partial charge in [-0.3, -0.25) is 0 Å². The zero-order valence-corrected chi connectivity index (χ0v) is 14.9. The van der Waals surface area contributed by atoms with Crippen LogP contribution in [-0.2, 0) is 16.6 Å². The summed E-state index contributed by atoms with van der Waals surface area (Å²) in [7, 11) is -3.48. The van der Waals surface area contributed by atoms with Crippen molar-refractivity contribution >= 4 is 26.0 Å². The quantitative estimate of drug-likeness (QED) is 0.734. The third kappa shape index (κ3) is 5.06. The van der Waals surface area contributed by atoms with Gasteiger partial charge in [-0.05, 0) is 59.4 Å². The monoisotopic (exact) mass is 374 g/mol. The molecule has 2 N–H and O–H groups in total. The Kier molecular flexibility index (Phi) is 5.82. The lowest BCUT2D eigenvalue weighted by Gasteiger charge is -2.15. The Morgan fingerprint density at radius 1 is 1.38 bits per heavy atom. The topological polar surface area (TPSA) is 58.2 Å². The molecule has 6 heteroatoms. The Labute approximate surface area is 135 Å². The summed E-state index contributed by atoms with van der Waals surface area (Å²) in [5.74, 6) is 0.700. The third-order valence-electron chi connectivity index (χ3n) is 3.60. The lowest BCUT2D eigenvalue weighted by molar-refractivity contribution is 0.529. The molecule has 4 nitrogen and oxygen atoms in total. The summed E-state index contributed by atoms with van der Waals surface area (Å²) < 4.78 is 28.5. The molecule has 0 spiro atoms. The van der Waals surface area contributed by atoms with E-state index in [2.05, 4.69) is 26.0 Å². The number of hydrogen-bond donors (Lipinski definition) is 2. The van der Waals surface area contributed by atoms with Crippen LogP contribution in [0.15, 0.2) is 27.6 Å². The summed E-state index contributed by atoms with van der Waals surface area (Å²) in [5.41, 5.74) is 0.968. The summed E-state index contributed by atoms with van der Waals surface area (Å²) >= 11 is 3.35. The van der Waals surface area contributed by atoms with Crippen molar-refractivity contribution in [1.82, 2.24) is 10.0 Å². The lowest BCUT2D eigenvalue weighted by atomic mass is 10.2. The molecule has 0 radical (unpaired) electrons. The highest BCUT2D eigenvalue weighted by Gasteiger charge is 2.27. The van der Waals surface area contributed by atoms with Gasteiger partial charge in [0.25, 0.3) is 0 Å². The van der Waals surface area contributed by atoms with Crippen LogP contribution in [0.2, 0.25) is 0 Å². The van der Waals surface area contributed by atoms with Gasteiger partial charge in [0.15, 0.2) is 0 Å². The van der Waals surface area contributed by atoms with Crippen LogP contribution in [0.4, 0.5) is 0 Å². The van der Waals surface area contributed by atoms with E-state index in [9.17, 15) is 8.42 Å². The molecule has 1 aliphatic carbocycles. The Morgan fingerprint density at radius 2 is 2.10 bits per heavy atom. The Morgan fingerprint density at radius 3 is 2.71 bits per heavy atom. The van der Waals surface area contributed by atoms with E-state index in [-0.39, 0.29) is 6.04 Å². The fourth-order valence-electron chi connectivity index (χ4n) is 2.36. The molecule has 0 aliphatic heterocycles. The van der Waals surface area contributed by atoms with Crippen molar-refractivity contribution in [3.63, 3.8) is 0 Å². The van der Waals surface area contributed by atoms with Crippen molar-refractivity contribution < 1.29 is 8.42 Å². The highest BCUT2D eigenvalue weighted by atomic mass is 79.9. The number of sulfonamides is 1. The zero-order valence-electron chi connectivity index (χ0n) is 12.5. The second kappa shape index (κ2) is 7.22. The fourth-order valence-corrected chi connectivity index (χ4v) is 4.63. The number of hydrogen-bond acceptors (Lipinski definition) is 3. The van der Waals surface area contributed by atoms with Crippen molar-refractivity contribution in [1.29, 1.82) is 0 Å². The summed E-state index contributed by atoms with van der Waals surface area (Å²) in [4.78, 5) is 0.320. The predicted molar refractivity (Wildman–Crippen MR) is 88.6 cm³/mol. The minimum absolute atomic E-state index is 0.0215. The molecule has 1 aromatic carbocycles. The second-order valence-electron chi connectivity index (χ2n) is 5.75. The maximum Gasteiger partial charge on any atom is 0.241 e. The van der Waals surface area contributed by atoms with Gasteiger partial charge in [-0.15, -0.1) is 0 Å². The molecule has 1 aromatic rings. The van der Waals surface area contributed by atoms with Crippen molar-refractivity contribution in [2.75, 3.05) is 6.54 Å². The molecule has 1 aliphatic rings. The van der Waals surface area contributed by atoms with E-state index in [4.69, 9.17) is 0 Å². The van der Waals surface area contributed by atoms with E-state index >= 15 is 0 Å². The maximum atomic E-state index is 12.5. The van der Waals surface area contributed by atoms with Crippen LogP contribution in [-0.4, -0.2) is 21.0 Å². The van der Waals surface area contributed by atoms with Gasteiger partial charge in [0.1, 0.15) is 0 Å². The van der Waals surface area contributed by atoms with Gasteiger partial charge in [0.2, 0.25) is 10.0 Å². The Hall–Kier alpha value is -0.430. The van der Waals surface area contributed by atoms with Crippen molar-refractivity contribution in [3.05, 3.63) is 28.2 Å². The van der Waals surface area contributed by atoms with E-state index < -0.39 is 10.0 Å². The summed E-state index contributed by atoms with van der Waals surface area (Å²) in [6.45, 7) is 5.49. The normalized spacial score (nSPS) is 16.9. The molecular weight excluding hydrogens is 352 g/mol. The fraction of sp³-hybridized carbons (Fsp3) is 0.600. The third-order valence-corrected chi connectivity index (χ3v) is 6.19. The maximum absolute atomic E-state index is 12.5. The van der Waals surface area contributed by atoms with Crippen LogP contribution in [0.1, 0.15) is 38.7 Å². The first-order chi connectivity index (χ1) is 9.92. The van der Waals surface area contributed by atoms with E-state index in [0.29, 0.717) is 21.8 Å². The van der Waals surface area contributed by atoms with E-state index in [1.165, 1.54) is 12.8 Å². The molecule has 0 saturated heterocycles. The molecule has 21 heavy (non-hydrogen) atoms. The van der Waals surface area contributed by atoms with Crippen LogP contribution < -0.4 is 10.0 Å². The summed E-state index contributed by atoms with van der Waals surface area (Å²) in [6, 6.07) is 5.44. The van der Waals surface area contributed by atoms with Gasteiger partial charge >= 0.3 is 0 Å². The molecule has 0 bridgehead atoms. The van der Waals surface area contributed by atoms with Crippen molar-refractivity contribution in [2.24, 2.45) is 5.92 Å². The SMILES string of the molecule is CCNCc1ccc(Br)c(S(=O)(=O)NC(C)CC2CC2)c1. The number of benzene rings is 1. The van der Waals surface area contributed by atoms with E-state index in [1.807, 2.05) is 19.9 Å². The average Bonchev–Trinajstić information content (AvgIpc) is 3.20. The van der Waals surface area contributed by atoms with Gasteiger partial charge in [-0.25, -0.2) is 13.1 Å². The highest BCUT2D eigenvalue weighted by Crippen LogP contribution is 2.34. The number of rotatable bonds is 8. The molecule has 1 saturated carbocycles. The Bertz CT molecular complexity index is 585. The molecular formula is C15H23BrN2O2S. The molecule has 2 rings (SSSR count). The van der Waals surface area contributed by atoms with Crippen LogP contribution in [0.25, 0.3) is 0 Å². The van der Waals surface area contributed by atoms with E-state index in [0.717, 1.165) is 18.5 Å². The Balaban J connectivity index is 2.13. The highest BCUT2D eigenvalue weighted by molar-refractivity contribution is 9.10. The molecule has 0 aromatic heterocycles. The van der Waals surface area contributed by atoms with Gasteiger partial charge in [0, 0.05) is 17.1 Å². The number of nitrogens with one attached hydrogen (secondary N) is 2. The van der Waals surface area contributed by atoms with Crippen LogP contribution in [0, 0.1) is 5.92 Å². The average molecular weight is 375 g/mol.